The molecule has 2 nitrogen and oxygen atoms in total. The largest absolute Gasteiger partial charge is 0.468 e. The quantitative estimate of drug-likeness (QED) is 0.835. The Kier molecular flexibility index (Phi) is 3.19. The molecule has 0 spiro atoms. The number of thioether (sulfide) groups is 1. The van der Waals surface area contributed by atoms with Crippen molar-refractivity contribution in [3.05, 3.63) is 24.2 Å². The van der Waals surface area contributed by atoms with Gasteiger partial charge in [-0.25, -0.2) is 0 Å². The lowest BCUT2D eigenvalue weighted by Crippen LogP contribution is -2.26. The van der Waals surface area contributed by atoms with Gasteiger partial charge >= 0.3 is 0 Å². The summed E-state index contributed by atoms with van der Waals surface area (Å²) in [6, 6.07) is 4.39. The van der Waals surface area contributed by atoms with Gasteiger partial charge in [0.15, 0.2) is 0 Å². The van der Waals surface area contributed by atoms with E-state index in [2.05, 4.69) is 6.92 Å². The van der Waals surface area contributed by atoms with Crippen LogP contribution >= 0.6 is 11.8 Å². The molecule has 1 fully saturated rings. The van der Waals surface area contributed by atoms with E-state index in [0.29, 0.717) is 12.0 Å². The summed E-state index contributed by atoms with van der Waals surface area (Å²) in [4.78, 5) is 0. The second-order valence-corrected chi connectivity index (χ2v) is 5.26. The van der Waals surface area contributed by atoms with Crippen LogP contribution in [0.1, 0.15) is 25.5 Å². The van der Waals surface area contributed by atoms with Crippen LogP contribution in [-0.4, -0.2) is 11.3 Å². The van der Waals surface area contributed by atoms with Crippen molar-refractivity contribution >= 4 is 11.8 Å². The topological polar surface area (TPSA) is 39.2 Å². The Morgan fingerprint density at radius 3 is 3.00 bits per heavy atom. The molecule has 0 amide bonds. The molecule has 3 atom stereocenters. The first-order valence-corrected chi connectivity index (χ1v) is 6.22. The fourth-order valence-corrected chi connectivity index (χ4v) is 3.33. The van der Waals surface area contributed by atoms with E-state index in [-0.39, 0.29) is 0 Å². The lowest BCUT2D eigenvalue weighted by atomic mass is 10.1. The minimum absolute atomic E-state index is 0.407. The van der Waals surface area contributed by atoms with Crippen molar-refractivity contribution in [3.8, 4) is 0 Å². The molecule has 0 aromatic carbocycles. The minimum atomic E-state index is 0.407. The highest BCUT2D eigenvalue weighted by molar-refractivity contribution is 7.99. The van der Waals surface area contributed by atoms with Crippen LogP contribution in [0.15, 0.2) is 22.8 Å². The average Bonchev–Trinajstić information content (AvgIpc) is 2.77. The molecule has 3 unspecified atom stereocenters. The van der Waals surface area contributed by atoms with Gasteiger partial charge in [-0.1, -0.05) is 6.92 Å². The fraction of sp³-hybridized carbons (Fsp3) is 0.636. The molecule has 2 rings (SSSR count). The zero-order valence-corrected chi connectivity index (χ0v) is 9.30. The molecular weight excluding hydrogens is 194 g/mol. The van der Waals surface area contributed by atoms with E-state index in [1.54, 1.807) is 6.26 Å². The second-order valence-electron chi connectivity index (χ2n) is 4.03. The summed E-state index contributed by atoms with van der Waals surface area (Å²) in [5, 5.41) is 0.718. The van der Waals surface area contributed by atoms with Crippen molar-refractivity contribution in [1.82, 2.24) is 0 Å². The third-order valence-corrected chi connectivity index (χ3v) is 4.61. The van der Waals surface area contributed by atoms with E-state index in [1.165, 1.54) is 12.8 Å². The molecule has 14 heavy (non-hydrogen) atoms. The van der Waals surface area contributed by atoms with Gasteiger partial charge < -0.3 is 10.2 Å². The van der Waals surface area contributed by atoms with Gasteiger partial charge in [-0.05, 0) is 30.9 Å². The number of furan rings is 1. The standard InChI is InChI=1S/C11H17NOS/c1-8-10(12)4-5-11(8)14-7-9-3-2-6-13-9/h2-3,6,8,10-11H,4-5,7,12H2,1H3. The number of nitrogens with two attached hydrogens (primary N) is 1. The smallest absolute Gasteiger partial charge is 0.113 e. The molecule has 1 aromatic heterocycles. The molecule has 1 aliphatic carbocycles. The molecule has 1 saturated carbocycles. The monoisotopic (exact) mass is 211 g/mol. The minimum Gasteiger partial charge on any atom is -0.468 e. The summed E-state index contributed by atoms with van der Waals surface area (Å²) in [5.74, 6) is 2.70. The van der Waals surface area contributed by atoms with Crippen molar-refractivity contribution in [2.24, 2.45) is 11.7 Å². The third-order valence-electron chi connectivity index (χ3n) is 3.07. The SMILES string of the molecule is CC1C(N)CCC1SCc1ccco1. The first-order chi connectivity index (χ1) is 6.77. The van der Waals surface area contributed by atoms with E-state index in [0.717, 1.165) is 16.8 Å². The Morgan fingerprint density at radius 2 is 2.43 bits per heavy atom. The van der Waals surface area contributed by atoms with Crippen LogP contribution in [0.5, 0.6) is 0 Å². The normalized spacial score (nSPS) is 32.3. The number of hydrogen-bond acceptors (Lipinski definition) is 3. The van der Waals surface area contributed by atoms with Crippen LogP contribution in [-0.2, 0) is 5.75 Å². The highest BCUT2D eigenvalue weighted by Crippen LogP contribution is 2.35. The summed E-state index contributed by atoms with van der Waals surface area (Å²) in [7, 11) is 0. The van der Waals surface area contributed by atoms with Gasteiger partial charge in [-0.3, -0.25) is 0 Å². The van der Waals surface area contributed by atoms with E-state index in [9.17, 15) is 0 Å². The second kappa shape index (κ2) is 4.41. The molecule has 0 bridgehead atoms. The predicted octanol–water partition coefficient (Wildman–Crippen LogP) is 2.64. The van der Waals surface area contributed by atoms with Crippen LogP contribution < -0.4 is 5.73 Å². The number of hydrogen-bond donors (Lipinski definition) is 1. The molecule has 78 valence electrons. The lowest BCUT2D eigenvalue weighted by Gasteiger charge is -2.16. The van der Waals surface area contributed by atoms with Crippen molar-refractivity contribution in [2.75, 3.05) is 0 Å². The van der Waals surface area contributed by atoms with Crippen LogP contribution in [0.25, 0.3) is 0 Å². The molecule has 1 aliphatic rings. The Labute approximate surface area is 89.2 Å². The average molecular weight is 211 g/mol. The molecule has 0 saturated heterocycles. The van der Waals surface area contributed by atoms with Crippen LogP contribution in [0.4, 0.5) is 0 Å². The van der Waals surface area contributed by atoms with Crippen molar-refractivity contribution in [2.45, 2.75) is 36.8 Å². The molecule has 1 heterocycles. The highest BCUT2D eigenvalue weighted by atomic mass is 32.2. The Bertz CT molecular complexity index is 273. The lowest BCUT2D eigenvalue weighted by molar-refractivity contribution is 0.524. The van der Waals surface area contributed by atoms with E-state index >= 15 is 0 Å². The summed E-state index contributed by atoms with van der Waals surface area (Å²) < 4.78 is 5.30. The van der Waals surface area contributed by atoms with Gasteiger partial charge in [-0.15, -0.1) is 0 Å². The number of rotatable bonds is 3. The van der Waals surface area contributed by atoms with E-state index < -0.39 is 0 Å². The molecule has 0 radical (unpaired) electrons. The van der Waals surface area contributed by atoms with Gasteiger partial charge in [0.2, 0.25) is 0 Å². The summed E-state index contributed by atoms with van der Waals surface area (Å²) >= 11 is 1.98. The highest BCUT2D eigenvalue weighted by Gasteiger charge is 2.30. The van der Waals surface area contributed by atoms with Crippen molar-refractivity contribution in [3.63, 3.8) is 0 Å². The Balaban J connectivity index is 1.81. The summed E-state index contributed by atoms with van der Waals surface area (Å²) in [5.41, 5.74) is 5.98. The first-order valence-electron chi connectivity index (χ1n) is 5.17. The molecule has 0 aliphatic heterocycles. The summed E-state index contributed by atoms with van der Waals surface area (Å²) in [6.45, 7) is 2.26. The van der Waals surface area contributed by atoms with Crippen LogP contribution in [0, 0.1) is 5.92 Å². The Hall–Kier alpha value is -0.410. The van der Waals surface area contributed by atoms with Crippen molar-refractivity contribution < 1.29 is 4.42 Å². The van der Waals surface area contributed by atoms with E-state index in [1.807, 2.05) is 23.9 Å². The van der Waals surface area contributed by atoms with Crippen LogP contribution in [0.3, 0.4) is 0 Å². The molecule has 2 N–H and O–H groups in total. The maximum absolute atomic E-state index is 5.98. The maximum Gasteiger partial charge on any atom is 0.113 e. The van der Waals surface area contributed by atoms with Crippen LogP contribution in [0.2, 0.25) is 0 Å². The maximum atomic E-state index is 5.98. The van der Waals surface area contributed by atoms with Gasteiger partial charge in [0.25, 0.3) is 0 Å². The van der Waals surface area contributed by atoms with Gasteiger partial charge in [0.05, 0.1) is 12.0 Å². The predicted molar refractivity (Wildman–Crippen MR) is 60.2 cm³/mol. The van der Waals surface area contributed by atoms with Gasteiger partial charge in [0, 0.05) is 11.3 Å². The van der Waals surface area contributed by atoms with Gasteiger partial charge in [-0.2, -0.15) is 11.8 Å². The van der Waals surface area contributed by atoms with Gasteiger partial charge in [0.1, 0.15) is 5.76 Å². The summed E-state index contributed by atoms with van der Waals surface area (Å²) in [6.07, 6.45) is 4.17. The third kappa shape index (κ3) is 2.15. The molecule has 1 aromatic rings. The Morgan fingerprint density at radius 1 is 1.57 bits per heavy atom. The molecule has 3 heteroatoms. The zero-order chi connectivity index (χ0) is 9.97. The van der Waals surface area contributed by atoms with E-state index in [4.69, 9.17) is 10.2 Å². The molecular formula is C11H17NOS. The van der Waals surface area contributed by atoms with Crippen molar-refractivity contribution in [1.29, 1.82) is 0 Å². The fourth-order valence-electron chi connectivity index (χ4n) is 1.98. The first kappa shape index (κ1) is 10.1. The zero-order valence-electron chi connectivity index (χ0n) is 8.48.